The molecule has 0 atom stereocenters. The van der Waals surface area contributed by atoms with Crippen molar-refractivity contribution in [3.05, 3.63) is 42.5 Å². The zero-order chi connectivity index (χ0) is 11.1. The molecule has 0 aliphatic carbocycles. The predicted octanol–water partition coefficient (Wildman–Crippen LogP) is 0.617. The van der Waals surface area contributed by atoms with Gasteiger partial charge >= 0.3 is 5.97 Å². The lowest BCUT2D eigenvalue weighted by Crippen LogP contribution is -2.06. The summed E-state index contributed by atoms with van der Waals surface area (Å²) >= 11 is 0. The number of hydrogen-bond donors (Lipinski definition) is 0. The summed E-state index contributed by atoms with van der Waals surface area (Å²) in [6, 6.07) is 7.43. The minimum atomic E-state index is -0.436. The molecule has 0 heterocycles. The third kappa shape index (κ3) is 3.69. The summed E-state index contributed by atoms with van der Waals surface area (Å²) in [6.45, 7) is 4.02. The first-order valence-corrected chi connectivity index (χ1v) is 5.50. The van der Waals surface area contributed by atoms with E-state index >= 15 is 0 Å². The summed E-state index contributed by atoms with van der Waals surface area (Å²) in [5.74, 6) is 0.148. The number of rotatable bonds is 5. The first-order chi connectivity index (χ1) is 7.27. The molecule has 0 bridgehead atoms. The predicted molar refractivity (Wildman–Crippen MR) is 61.9 cm³/mol. The molecule has 1 aromatic carbocycles. The number of ether oxygens (including phenoxy) is 1. The molecule has 0 aromatic heterocycles. The summed E-state index contributed by atoms with van der Waals surface area (Å²) in [5.41, 5.74) is 0.976. The second-order valence-electron chi connectivity index (χ2n) is 2.98. The third-order valence-corrected chi connectivity index (χ3v) is 2.33. The minimum Gasteiger partial charge on any atom is -0.428 e. The van der Waals surface area contributed by atoms with Crippen LogP contribution in [0.5, 0.6) is 5.75 Å². The number of para-hydroxylation sites is 1. The molecule has 0 saturated heterocycles. The summed E-state index contributed by atoms with van der Waals surface area (Å²) in [6.07, 6.45) is 1.91. The number of benzene rings is 1. The van der Waals surface area contributed by atoms with Gasteiger partial charge < -0.3 is 9.16 Å². The Bertz CT molecular complexity index is 349. The number of esters is 1. The van der Waals surface area contributed by atoms with E-state index in [0.29, 0.717) is 12.4 Å². The van der Waals surface area contributed by atoms with Crippen molar-refractivity contribution in [1.82, 2.24) is 0 Å². The van der Waals surface area contributed by atoms with Gasteiger partial charge in [0.05, 0.1) is 0 Å². The van der Waals surface area contributed by atoms with Crippen LogP contribution in [0.25, 0.3) is 0 Å². The highest BCUT2D eigenvalue weighted by molar-refractivity contribution is 5.97. The van der Waals surface area contributed by atoms with E-state index in [9.17, 15) is 4.79 Å². The fraction of sp³-hybridized carbons (Fsp3) is 0.182. The van der Waals surface area contributed by atoms with Crippen LogP contribution in [0.1, 0.15) is 5.56 Å². The molecule has 0 amide bonds. The van der Waals surface area contributed by atoms with Crippen LogP contribution in [0.4, 0.5) is 0 Å². The highest BCUT2D eigenvalue weighted by atomic mass is 28.2. The summed E-state index contributed by atoms with van der Waals surface area (Å²) < 4.78 is 10.2. The van der Waals surface area contributed by atoms with Crippen molar-refractivity contribution in [3.63, 3.8) is 0 Å². The van der Waals surface area contributed by atoms with Crippen molar-refractivity contribution in [1.29, 1.82) is 0 Å². The molecule has 0 aliphatic heterocycles. The van der Waals surface area contributed by atoms with E-state index in [1.807, 2.05) is 18.2 Å². The van der Waals surface area contributed by atoms with Gasteiger partial charge in [0.2, 0.25) is 0 Å². The van der Waals surface area contributed by atoms with Crippen LogP contribution >= 0.6 is 0 Å². The van der Waals surface area contributed by atoms with Gasteiger partial charge in [0.15, 0.2) is 0 Å². The average Bonchev–Trinajstić information content (AvgIpc) is 2.28. The van der Waals surface area contributed by atoms with Crippen LogP contribution in [0, 0.1) is 0 Å². The minimum absolute atomic E-state index is 0.436. The van der Waals surface area contributed by atoms with E-state index in [4.69, 9.17) is 9.16 Å². The van der Waals surface area contributed by atoms with Gasteiger partial charge in [0.25, 0.3) is 0 Å². The zero-order valence-corrected chi connectivity index (χ0v) is 10.7. The van der Waals surface area contributed by atoms with E-state index in [-0.39, 0.29) is 0 Å². The van der Waals surface area contributed by atoms with Gasteiger partial charge in [-0.2, -0.15) is 0 Å². The van der Waals surface area contributed by atoms with Crippen LogP contribution in [-0.4, -0.2) is 23.1 Å². The molecule has 0 fully saturated rings. The Labute approximate surface area is 92.2 Å². The molecule has 3 nitrogen and oxygen atoms in total. The Kier molecular flexibility index (Phi) is 4.80. The normalized spacial score (nSPS) is 9.87. The molecular weight excluding hydrogens is 208 g/mol. The van der Waals surface area contributed by atoms with Crippen molar-refractivity contribution < 1.29 is 14.0 Å². The Hall–Kier alpha value is -1.39. The van der Waals surface area contributed by atoms with Crippen LogP contribution in [-0.2, 0) is 15.6 Å². The third-order valence-electron chi connectivity index (χ3n) is 1.93. The van der Waals surface area contributed by atoms with Crippen molar-refractivity contribution >= 4 is 16.5 Å². The van der Waals surface area contributed by atoms with Crippen LogP contribution in [0.2, 0.25) is 0 Å². The van der Waals surface area contributed by atoms with Gasteiger partial charge in [-0.3, -0.25) is 0 Å². The van der Waals surface area contributed by atoms with E-state index < -0.39 is 5.97 Å². The lowest BCUT2D eigenvalue weighted by atomic mass is 10.1. The maximum atomic E-state index is 11.0. The molecule has 1 rings (SSSR count). The summed E-state index contributed by atoms with van der Waals surface area (Å²) in [5, 5.41) is 0. The van der Waals surface area contributed by atoms with Gasteiger partial charge in [0.1, 0.15) is 16.2 Å². The van der Waals surface area contributed by atoms with Gasteiger partial charge in [-0.1, -0.05) is 24.8 Å². The van der Waals surface area contributed by atoms with Crippen molar-refractivity contribution in [2.24, 2.45) is 0 Å². The van der Waals surface area contributed by atoms with Gasteiger partial charge in [-0.15, -0.1) is 0 Å². The molecule has 4 heteroatoms. The first kappa shape index (κ1) is 11.7. The standard InChI is InChI=1S/C11H14O3Si/c1-2-11(12)14-10-6-4-3-5-9(10)7-8-13-15/h2-6H,1,7-8H2,15H3. The largest absolute Gasteiger partial charge is 0.428 e. The molecule has 80 valence electrons. The second kappa shape index (κ2) is 6.16. The lowest BCUT2D eigenvalue weighted by molar-refractivity contribution is -0.129. The SMILES string of the molecule is C=CC(=O)Oc1ccccc1CCO[SiH3]. The molecular formula is C11H14O3Si. The number of carbonyl (C=O) groups is 1. The maximum absolute atomic E-state index is 11.0. The molecule has 0 spiro atoms. The quantitative estimate of drug-likeness (QED) is 0.317. The fourth-order valence-electron chi connectivity index (χ4n) is 1.17. The Morgan fingerprint density at radius 3 is 2.87 bits per heavy atom. The van der Waals surface area contributed by atoms with Crippen LogP contribution in [0.3, 0.4) is 0 Å². The van der Waals surface area contributed by atoms with E-state index in [1.165, 1.54) is 0 Å². The van der Waals surface area contributed by atoms with Crippen molar-refractivity contribution in [2.45, 2.75) is 6.42 Å². The van der Waals surface area contributed by atoms with E-state index in [0.717, 1.165) is 28.5 Å². The highest BCUT2D eigenvalue weighted by Gasteiger charge is 2.05. The van der Waals surface area contributed by atoms with E-state index in [1.54, 1.807) is 6.07 Å². The van der Waals surface area contributed by atoms with E-state index in [2.05, 4.69) is 6.58 Å². The molecule has 15 heavy (non-hydrogen) atoms. The monoisotopic (exact) mass is 222 g/mol. The maximum Gasteiger partial charge on any atom is 0.335 e. The molecule has 0 aliphatic rings. The van der Waals surface area contributed by atoms with Crippen molar-refractivity contribution in [3.8, 4) is 5.75 Å². The average molecular weight is 222 g/mol. The zero-order valence-electron chi connectivity index (χ0n) is 8.73. The van der Waals surface area contributed by atoms with Gasteiger partial charge in [0, 0.05) is 12.7 Å². The molecule has 0 radical (unpaired) electrons. The molecule has 1 aromatic rings. The molecule has 0 saturated carbocycles. The smallest absolute Gasteiger partial charge is 0.335 e. The topological polar surface area (TPSA) is 35.5 Å². The Morgan fingerprint density at radius 2 is 2.20 bits per heavy atom. The molecule has 0 unspecified atom stereocenters. The first-order valence-electron chi connectivity index (χ1n) is 4.69. The lowest BCUT2D eigenvalue weighted by Gasteiger charge is -2.07. The fourth-order valence-corrected chi connectivity index (χ4v) is 1.38. The summed E-state index contributed by atoms with van der Waals surface area (Å²) in [7, 11) is 0.723. The Balaban J connectivity index is 2.76. The highest BCUT2D eigenvalue weighted by Crippen LogP contribution is 2.18. The van der Waals surface area contributed by atoms with Gasteiger partial charge in [-0.25, -0.2) is 4.79 Å². The second-order valence-corrected chi connectivity index (χ2v) is 3.55. The van der Waals surface area contributed by atoms with Crippen LogP contribution in [0.15, 0.2) is 36.9 Å². The van der Waals surface area contributed by atoms with Crippen LogP contribution < -0.4 is 4.74 Å². The van der Waals surface area contributed by atoms with Crippen molar-refractivity contribution in [2.75, 3.05) is 6.61 Å². The van der Waals surface area contributed by atoms with Gasteiger partial charge in [-0.05, 0) is 18.1 Å². The number of hydrogen-bond acceptors (Lipinski definition) is 3. The molecule has 0 N–H and O–H groups in total. The summed E-state index contributed by atoms with van der Waals surface area (Å²) in [4.78, 5) is 11.0. The number of carbonyl (C=O) groups excluding carboxylic acids is 1. The Morgan fingerprint density at radius 1 is 1.47 bits per heavy atom.